The third-order valence-corrected chi connectivity index (χ3v) is 4.18. The summed E-state index contributed by atoms with van der Waals surface area (Å²) in [6.07, 6.45) is 1.59. The van der Waals surface area contributed by atoms with Crippen LogP contribution in [0.15, 0.2) is 15.4 Å². The van der Waals surface area contributed by atoms with E-state index in [0.29, 0.717) is 32.9 Å². The van der Waals surface area contributed by atoms with Gasteiger partial charge in [0, 0.05) is 12.6 Å². The third kappa shape index (κ3) is 2.64. The van der Waals surface area contributed by atoms with Crippen molar-refractivity contribution in [3.05, 3.63) is 28.1 Å². The summed E-state index contributed by atoms with van der Waals surface area (Å²) < 4.78 is 10.6. The molecule has 2 rings (SSSR count). The van der Waals surface area contributed by atoms with Crippen LogP contribution in [0.2, 0.25) is 0 Å². The summed E-state index contributed by atoms with van der Waals surface area (Å²) in [6.45, 7) is 4.06. The Hall–Kier alpha value is -1.60. The number of nitrogens with zero attached hydrogens (tertiary/aromatic N) is 1. The Morgan fingerprint density at radius 1 is 1.60 bits per heavy atom. The lowest BCUT2D eigenvalue weighted by Crippen LogP contribution is -2.27. The highest BCUT2D eigenvalue weighted by Gasteiger charge is 2.31. The highest BCUT2D eigenvalue weighted by molar-refractivity contribution is 8.26. The number of ether oxygens (including phenoxy) is 1. The van der Waals surface area contributed by atoms with Crippen molar-refractivity contribution in [1.29, 1.82) is 0 Å². The van der Waals surface area contributed by atoms with Gasteiger partial charge in [0.2, 0.25) is 0 Å². The molecule has 0 bridgehead atoms. The molecule has 106 valence electrons. The minimum Gasteiger partial charge on any atom is -0.465 e. The number of carbonyl (C=O) groups is 2. The summed E-state index contributed by atoms with van der Waals surface area (Å²) in [6, 6.07) is 1.56. The maximum absolute atomic E-state index is 12.0. The summed E-state index contributed by atoms with van der Waals surface area (Å²) in [5.74, 6) is 0.275. The average Bonchev–Trinajstić information content (AvgIpc) is 2.90. The summed E-state index contributed by atoms with van der Waals surface area (Å²) in [5, 5.41) is 0. The zero-order valence-electron chi connectivity index (χ0n) is 11.3. The van der Waals surface area contributed by atoms with Gasteiger partial charge in [-0.2, -0.15) is 0 Å². The first kappa shape index (κ1) is 14.8. The van der Waals surface area contributed by atoms with Gasteiger partial charge in [-0.05, 0) is 19.9 Å². The summed E-state index contributed by atoms with van der Waals surface area (Å²) in [4.78, 5) is 25.5. The lowest BCUT2D eigenvalue weighted by atomic mass is 10.2. The minimum atomic E-state index is -0.466. The zero-order valence-corrected chi connectivity index (χ0v) is 12.9. The van der Waals surface area contributed by atoms with E-state index in [1.165, 1.54) is 23.8 Å². The lowest BCUT2D eigenvalue weighted by molar-refractivity contribution is -0.122. The van der Waals surface area contributed by atoms with Crippen molar-refractivity contribution in [2.45, 2.75) is 13.8 Å². The second kappa shape index (κ2) is 5.80. The first-order valence-corrected chi connectivity index (χ1v) is 7.14. The van der Waals surface area contributed by atoms with Crippen LogP contribution in [0.4, 0.5) is 0 Å². The molecule has 0 radical (unpaired) electrons. The largest absolute Gasteiger partial charge is 0.465 e. The Morgan fingerprint density at radius 2 is 2.30 bits per heavy atom. The molecule has 1 aliphatic rings. The smallest absolute Gasteiger partial charge is 0.341 e. The number of thioether (sulfide) groups is 1. The minimum absolute atomic E-state index is 0.142. The van der Waals surface area contributed by atoms with Crippen molar-refractivity contribution in [3.8, 4) is 0 Å². The number of rotatable bonds is 3. The molecule has 0 spiro atoms. The Morgan fingerprint density at radius 3 is 2.85 bits per heavy atom. The highest BCUT2D eigenvalue weighted by Crippen LogP contribution is 2.32. The first-order valence-electron chi connectivity index (χ1n) is 5.92. The van der Waals surface area contributed by atoms with Gasteiger partial charge in [0.15, 0.2) is 0 Å². The van der Waals surface area contributed by atoms with Gasteiger partial charge in [0.05, 0.1) is 12.0 Å². The monoisotopic (exact) mass is 311 g/mol. The van der Waals surface area contributed by atoms with Crippen LogP contribution in [0.25, 0.3) is 6.08 Å². The van der Waals surface area contributed by atoms with Gasteiger partial charge in [0.25, 0.3) is 5.91 Å². The van der Waals surface area contributed by atoms with Gasteiger partial charge in [-0.1, -0.05) is 24.0 Å². The molecule has 0 aromatic carbocycles. The fraction of sp³-hybridized carbons (Fsp3) is 0.308. The van der Waals surface area contributed by atoms with Crippen LogP contribution in [0.5, 0.6) is 0 Å². The summed E-state index contributed by atoms with van der Waals surface area (Å²) >= 11 is 6.35. The van der Waals surface area contributed by atoms with Gasteiger partial charge in [-0.15, -0.1) is 0 Å². The Labute approximate surface area is 125 Å². The summed E-state index contributed by atoms with van der Waals surface area (Å²) in [5.41, 5.74) is 0.352. The van der Waals surface area contributed by atoms with Crippen LogP contribution in [0, 0.1) is 6.92 Å². The molecule has 1 fully saturated rings. The van der Waals surface area contributed by atoms with E-state index >= 15 is 0 Å². The number of thiocarbonyl (C=S) groups is 1. The van der Waals surface area contributed by atoms with E-state index in [2.05, 4.69) is 4.74 Å². The van der Waals surface area contributed by atoms with E-state index in [1.807, 2.05) is 6.92 Å². The molecule has 1 amide bonds. The molecule has 0 unspecified atom stereocenters. The van der Waals surface area contributed by atoms with E-state index in [-0.39, 0.29) is 5.91 Å². The molecule has 1 aliphatic heterocycles. The van der Waals surface area contributed by atoms with Crippen molar-refractivity contribution in [1.82, 2.24) is 4.90 Å². The van der Waals surface area contributed by atoms with Gasteiger partial charge in [-0.3, -0.25) is 9.69 Å². The van der Waals surface area contributed by atoms with E-state index in [0.717, 1.165) is 0 Å². The number of hydrogen-bond donors (Lipinski definition) is 0. The van der Waals surface area contributed by atoms with Crippen LogP contribution in [0.1, 0.15) is 28.8 Å². The molecular weight excluding hydrogens is 298 g/mol. The topological polar surface area (TPSA) is 59.8 Å². The number of likely N-dealkylation sites (N-methyl/N-ethyl adjacent to an activating group) is 1. The average molecular weight is 311 g/mol. The van der Waals surface area contributed by atoms with Crippen molar-refractivity contribution in [3.63, 3.8) is 0 Å². The van der Waals surface area contributed by atoms with Crippen LogP contribution in [-0.2, 0) is 9.53 Å². The second-order valence-corrected chi connectivity index (χ2v) is 5.71. The summed E-state index contributed by atoms with van der Waals surface area (Å²) in [7, 11) is 1.31. The predicted octanol–water partition coefficient (Wildman–Crippen LogP) is 2.60. The van der Waals surface area contributed by atoms with Crippen molar-refractivity contribution >= 4 is 46.3 Å². The number of aryl methyl sites for hydroxylation is 1. The lowest BCUT2D eigenvalue weighted by Gasteiger charge is -2.09. The Balaban J connectivity index is 2.31. The molecule has 0 atom stereocenters. The molecule has 2 heterocycles. The molecule has 1 aromatic rings. The van der Waals surface area contributed by atoms with E-state index in [1.54, 1.807) is 19.1 Å². The first-order chi connectivity index (χ1) is 9.47. The van der Waals surface area contributed by atoms with Crippen molar-refractivity contribution < 1.29 is 18.7 Å². The van der Waals surface area contributed by atoms with Gasteiger partial charge < -0.3 is 9.15 Å². The highest BCUT2D eigenvalue weighted by atomic mass is 32.2. The maximum Gasteiger partial charge on any atom is 0.341 e. The van der Waals surface area contributed by atoms with E-state index in [9.17, 15) is 9.59 Å². The zero-order chi connectivity index (χ0) is 14.9. The predicted molar refractivity (Wildman–Crippen MR) is 80.3 cm³/mol. The fourth-order valence-corrected chi connectivity index (χ4v) is 3.15. The number of furan rings is 1. The standard InChI is InChI=1S/C13H13NO4S2/c1-4-14-11(15)10(20-13(14)19)6-8-5-9(7(2)18-8)12(16)17-3/h5-6H,4H2,1-3H3/b10-6-. The van der Waals surface area contributed by atoms with Crippen molar-refractivity contribution in [2.24, 2.45) is 0 Å². The van der Waals surface area contributed by atoms with Crippen LogP contribution in [-0.4, -0.2) is 34.8 Å². The number of methoxy groups -OCH3 is 1. The van der Waals surface area contributed by atoms with Crippen LogP contribution < -0.4 is 0 Å². The maximum atomic E-state index is 12.0. The fourth-order valence-electron chi connectivity index (χ4n) is 1.79. The molecular formula is C13H13NO4S2. The number of amides is 1. The Bertz CT molecular complexity index is 618. The van der Waals surface area contributed by atoms with Crippen molar-refractivity contribution in [2.75, 3.05) is 13.7 Å². The molecule has 0 aliphatic carbocycles. The van der Waals surface area contributed by atoms with Gasteiger partial charge >= 0.3 is 5.97 Å². The SMILES string of the molecule is CCN1C(=O)/C(=C/c2cc(C(=O)OC)c(C)o2)SC1=S. The molecule has 5 nitrogen and oxygen atoms in total. The van der Waals surface area contributed by atoms with E-state index < -0.39 is 5.97 Å². The number of carbonyl (C=O) groups excluding carboxylic acids is 2. The molecule has 20 heavy (non-hydrogen) atoms. The molecule has 1 saturated heterocycles. The number of esters is 1. The van der Waals surface area contributed by atoms with Gasteiger partial charge in [-0.25, -0.2) is 4.79 Å². The van der Waals surface area contributed by atoms with Gasteiger partial charge in [0.1, 0.15) is 21.4 Å². The van der Waals surface area contributed by atoms with Crippen LogP contribution >= 0.6 is 24.0 Å². The van der Waals surface area contributed by atoms with E-state index in [4.69, 9.17) is 16.6 Å². The molecule has 1 aromatic heterocycles. The normalized spacial score (nSPS) is 17.1. The third-order valence-electron chi connectivity index (χ3n) is 2.81. The van der Waals surface area contributed by atoms with Crippen LogP contribution in [0.3, 0.4) is 0 Å². The quantitative estimate of drug-likeness (QED) is 0.486. The number of hydrogen-bond acceptors (Lipinski definition) is 6. The second-order valence-electron chi connectivity index (χ2n) is 4.04. The molecule has 0 N–H and O–H groups in total. The molecule has 7 heteroatoms. The molecule has 0 saturated carbocycles. The Kier molecular flexibility index (Phi) is 4.29.